The third-order valence-electron chi connectivity index (χ3n) is 5.11. The van der Waals surface area contributed by atoms with Crippen LogP contribution in [0.15, 0.2) is 47.4 Å². The lowest BCUT2D eigenvalue weighted by atomic mass is 10.0. The zero-order valence-corrected chi connectivity index (χ0v) is 17.0. The van der Waals surface area contributed by atoms with Crippen molar-refractivity contribution in [3.8, 4) is 0 Å². The van der Waals surface area contributed by atoms with E-state index in [1.807, 2.05) is 45.0 Å². The number of carbonyl (C=O) groups is 1. The monoisotopic (exact) mass is 386 g/mol. The van der Waals surface area contributed by atoms with Crippen molar-refractivity contribution in [2.45, 2.75) is 50.6 Å². The average molecular weight is 387 g/mol. The molecule has 2 aromatic rings. The fourth-order valence-corrected chi connectivity index (χ4v) is 4.25. The predicted molar refractivity (Wildman–Crippen MR) is 106 cm³/mol. The summed E-state index contributed by atoms with van der Waals surface area (Å²) in [5.74, 6) is -0.191. The van der Waals surface area contributed by atoms with Gasteiger partial charge < -0.3 is 4.90 Å². The smallest absolute Gasteiger partial charge is 0.254 e. The Hall–Kier alpha value is -2.18. The standard InChI is InChI=1S/C21H26N2O3S/c1-14-5-8-17(9-6-14)16(3)23(4)21(24)20-13-19(12-7-15(20)2)27(25,26)22-18-10-11-18/h5-9,12-13,16,18,22H,10-11H2,1-4H3. The Balaban J connectivity index is 1.86. The van der Waals surface area contributed by atoms with Crippen LogP contribution >= 0.6 is 0 Å². The van der Waals surface area contributed by atoms with Crippen LogP contribution in [0.5, 0.6) is 0 Å². The van der Waals surface area contributed by atoms with Crippen LogP contribution in [0.3, 0.4) is 0 Å². The molecule has 1 aliphatic carbocycles. The van der Waals surface area contributed by atoms with Gasteiger partial charge in [0.05, 0.1) is 10.9 Å². The van der Waals surface area contributed by atoms with E-state index in [1.54, 1.807) is 24.1 Å². The number of benzene rings is 2. The number of carbonyl (C=O) groups excluding carboxylic acids is 1. The molecule has 5 nitrogen and oxygen atoms in total. The molecule has 1 unspecified atom stereocenters. The van der Waals surface area contributed by atoms with E-state index in [4.69, 9.17) is 0 Å². The number of hydrogen-bond donors (Lipinski definition) is 1. The molecule has 6 heteroatoms. The van der Waals surface area contributed by atoms with Gasteiger partial charge in [-0.3, -0.25) is 4.79 Å². The molecule has 2 aromatic carbocycles. The molecule has 144 valence electrons. The van der Waals surface area contributed by atoms with Crippen LogP contribution in [0.2, 0.25) is 0 Å². The van der Waals surface area contributed by atoms with Gasteiger partial charge >= 0.3 is 0 Å². The van der Waals surface area contributed by atoms with Crippen molar-refractivity contribution in [1.82, 2.24) is 9.62 Å². The van der Waals surface area contributed by atoms with Gasteiger partial charge in [-0.2, -0.15) is 0 Å². The van der Waals surface area contributed by atoms with E-state index in [9.17, 15) is 13.2 Å². The van der Waals surface area contributed by atoms with E-state index >= 15 is 0 Å². The molecule has 1 aliphatic rings. The van der Waals surface area contributed by atoms with Gasteiger partial charge in [0, 0.05) is 18.7 Å². The van der Waals surface area contributed by atoms with Gasteiger partial charge in [-0.05, 0) is 56.9 Å². The van der Waals surface area contributed by atoms with Crippen molar-refractivity contribution in [2.24, 2.45) is 0 Å². The van der Waals surface area contributed by atoms with E-state index in [2.05, 4.69) is 4.72 Å². The first-order valence-electron chi connectivity index (χ1n) is 9.16. The van der Waals surface area contributed by atoms with E-state index in [1.165, 1.54) is 6.07 Å². The largest absolute Gasteiger partial charge is 0.335 e. The lowest BCUT2D eigenvalue weighted by Crippen LogP contribution is -2.31. The van der Waals surface area contributed by atoms with Crippen LogP contribution in [0.1, 0.15) is 52.9 Å². The summed E-state index contributed by atoms with van der Waals surface area (Å²) in [5, 5.41) is 0. The highest BCUT2D eigenvalue weighted by Crippen LogP contribution is 2.25. The molecule has 3 rings (SSSR count). The van der Waals surface area contributed by atoms with Crippen molar-refractivity contribution >= 4 is 15.9 Å². The first-order chi connectivity index (χ1) is 12.7. The van der Waals surface area contributed by atoms with Crippen LogP contribution in [0, 0.1) is 13.8 Å². The average Bonchev–Trinajstić information content (AvgIpc) is 3.44. The molecule has 0 spiro atoms. The van der Waals surface area contributed by atoms with E-state index < -0.39 is 10.0 Å². The molecule has 0 bridgehead atoms. The summed E-state index contributed by atoms with van der Waals surface area (Å²) in [5.41, 5.74) is 3.37. The fourth-order valence-electron chi connectivity index (χ4n) is 2.92. The van der Waals surface area contributed by atoms with Crippen molar-refractivity contribution in [1.29, 1.82) is 0 Å². The summed E-state index contributed by atoms with van der Waals surface area (Å²) >= 11 is 0. The molecule has 0 saturated heterocycles. The predicted octanol–water partition coefficient (Wildman–Crippen LogP) is 3.58. The molecule has 1 N–H and O–H groups in total. The number of rotatable bonds is 6. The third kappa shape index (κ3) is 4.39. The number of aryl methyl sites for hydroxylation is 2. The number of hydrogen-bond acceptors (Lipinski definition) is 3. The quantitative estimate of drug-likeness (QED) is 0.825. The van der Waals surface area contributed by atoms with Crippen LogP contribution in [-0.4, -0.2) is 32.3 Å². The molecule has 27 heavy (non-hydrogen) atoms. The molecule has 0 heterocycles. The van der Waals surface area contributed by atoms with Crippen molar-refractivity contribution in [3.05, 3.63) is 64.7 Å². The highest BCUT2D eigenvalue weighted by molar-refractivity contribution is 7.89. The summed E-state index contributed by atoms with van der Waals surface area (Å²) in [6.07, 6.45) is 1.74. The highest BCUT2D eigenvalue weighted by Gasteiger charge is 2.29. The summed E-state index contributed by atoms with van der Waals surface area (Å²) < 4.78 is 27.6. The van der Waals surface area contributed by atoms with Gasteiger partial charge in [0.25, 0.3) is 5.91 Å². The van der Waals surface area contributed by atoms with Crippen LogP contribution in [0.4, 0.5) is 0 Å². The molecular formula is C21H26N2O3S. The molecule has 1 atom stereocenters. The minimum absolute atomic E-state index is 0.0275. The molecular weight excluding hydrogens is 360 g/mol. The van der Waals surface area contributed by atoms with Gasteiger partial charge in [-0.25, -0.2) is 13.1 Å². The lowest BCUT2D eigenvalue weighted by Gasteiger charge is -2.26. The first-order valence-corrected chi connectivity index (χ1v) is 10.6. The molecule has 1 fully saturated rings. The Bertz CT molecular complexity index is 948. The lowest BCUT2D eigenvalue weighted by molar-refractivity contribution is 0.0741. The minimum atomic E-state index is -3.59. The Morgan fingerprint density at radius 1 is 1.11 bits per heavy atom. The van der Waals surface area contributed by atoms with Gasteiger partial charge in [0.15, 0.2) is 0 Å². The van der Waals surface area contributed by atoms with Crippen LogP contribution < -0.4 is 4.72 Å². The maximum absolute atomic E-state index is 13.1. The third-order valence-corrected chi connectivity index (χ3v) is 6.63. The van der Waals surface area contributed by atoms with Gasteiger partial charge in [0.1, 0.15) is 0 Å². The van der Waals surface area contributed by atoms with Gasteiger partial charge in [0.2, 0.25) is 10.0 Å². The van der Waals surface area contributed by atoms with Crippen molar-refractivity contribution in [3.63, 3.8) is 0 Å². The van der Waals surface area contributed by atoms with Crippen molar-refractivity contribution in [2.75, 3.05) is 7.05 Å². The fraction of sp³-hybridized carbons (Fsp3) is 0.381. The minimum Gasteiger partial charge on any atom is -0.335 e. The maximum atomic E-state index is 13.1. The zero-order chi connectivity index (χ0) is 19.8. The number of nitrogens with one attached hydrogen (secondary N) is 1. The number of amides is 1. The molecule has 0 radical (unpaired) electrons. The molecule has 1 saturated carbocycles. The SMILES string of the molecule is Cc1ccc(C(C)N(C)C(=O)c2cc(S(=O)(=O)NC3CC3)ccc2C)cc1. The summed E-state index contributed by atoms with van der Waals surface area (Å²) in [6, 6.07) is 12.7. The second-order valence-corrected chi connectivity index (χ2v) is 9.09. The maximum Gasteiger partial charge on any atom is 0.254 e. The molecule has 1 amide bonds. The Kier molecular flexibility index (Phi) is 5.40. The molecule has 0 aliphatic heterocycles. The Morgan fingerprint density at radius 3 is 2.33 bits per heavy atom. The summed E-state index contributed by atoms with van der Waals surface area (Å²) in [6.45, 7) is 5.81. The van der Waals surface area contributed by atoms with Gasteiger partial charge in [-0.1, -0.05) is 35.9 Å². The topological polar surface area (TPSA) is 66.5 Å². The zero-order valence-electron chi connectivity index (χ0n) is 16.2. The number of sulfonamides is 1. The van der Waals surface area contributed by atoms with E-state index in [-0.39, 0.29) is 22.9 Å². The highest BCUT2D eigenvalue weighted by atomic mass is 32.2. The Morgan fingerprint density at radius 2 is 1.74 bits per heavy atom. The Labute approximate surface area is 161 Å². The summed E-state index contributed by atoms with van der Waals surface area (Å²) in [4.78, 5) is 14.9. The second-order valence-electron chi connectivity index (χ2n) is 7.38. The molecule has 0 aromatic heterocycles. The second kappa shape index (κ2) is 7.44. The van der Waals surface area contributed by atoms with Crippen LogP contribution in [0.25, 0.3) is 0 Å². The number of nitrogens with zero attached hydrogens (tertiary/aromatic N) is 1. The van der Waals surface area contributed by atoms with Crippen LogP contribution in [-0.2, 0) is 10.0 Å². The summed E-state index contributed by atoms with van der Waals surface area (Å²) in [7, 11) is -1.85. The first kappa shape index (κ1) is 19.6. The van der Waals surface area contributed by atoms with Crippen molar-refractivity contribution < 1.29 is 13.2 Å². The van der Waals surface area contributed by atoms with E-state index in [0.717, 1.165) is 29.5 Å². The van der Waals surface area contributed by atoms with Gasteiger partial charge in [-0.15, -0.1) is 0 Å². The van der Waals surface area contributed by atoms with E-state index in [0.29, 0.717) is 5.56 Å². The normalized spacial score (nSPS) is 15.4.